The van der Waals surface area contributed by atoms with Gasteiger partial charge in [-0.25, -0.2) is 9.78 Å². The van der Waals surface area contributed by atoms with Gasteiger partial charge in [0.25, 0.3) is 0 Å². The molecule has 1 amide bonds. The van der Waals surface area contributed by atoms with Crippen LogP contribution in [0.3, 0.4) is 0 Å². The SMILES string of the molecule is CCOC(=O)c1c(/C=C/C(=O)Nc2cccnc2OCCOC)c(C)n(CC)c1C. The van der Waals surface area contributed by atoms with Gasteiger partial charge in [-0.2, -0.15) is 0 Å². The third kappa shape index (κ3) is 5.48. The zero-order chi connectivity index (χ0) is 22.1. The lowest BCUT2D eigenvalue weighted by Crippen LogP contribution is -2.12. The third-order valence-electron chi connectivity index (χ3n) is 4.58. The molecule has 0 saturated carbocycles. The molecule has 8 heteroatoms. The number of anilines is 1. The summed E-state index contributed by atoms with van der Waals surface area (Å²) in [4.78, 5) is 29.1. The molecule has 2 heterocycles. The van der Waals surface area contributed by atoms with Crippen LogP contribution in [0.15, 0.2) is 24.4 Å². The smallest absolute Gasteiger partial charge is 0.340 e. The summed E-state index contributed by atoms with van der Waals surface area (Å²) in [5.74, 6) is -0.449. The summed E-state index contributed by atoms with van der Waals surface area (Å²) in [5, 5.41) is 2.76. The Balaban J connectivity index is 2.24. The Morgan fingerprint density at radius 3 is 2.63 bits per heavy atom. The number of methoxy groups -OCH3 is 1. The highest BCUT2D eigenvalue weighted by Crippen LogP contribution is 2.25. The fourth-order valence-electron chi connectivity index (χ4n) is 3.20. The summed E-state index contributed by atoms with van der Waals surface area (Å²) in [6, 6.07) is 3.41. The Morgan fingerprint density at radius 1 is 1.20 bits per heavy atom. The summed E-state index contributed by atoms with van der Waals surface area (Å²) >= 11 is 0. The number of amides is 1. The molecule has 0 unspecified atom stereocenters. The first kappa shape index (κ1) is 23.2. The lowest BCUT2D eigenvalue weighted by molar-refractivity contribution is -0.111. The molecular formula is C22H29N3O5. The van der Waals surface area contributed by atoms with Gasteiger partial charge in [-0.15, -0.1) is 0 Å². The number of rotatable bonds is 10. The molecule has 0 atom stereocenters. The summed E-state index contributed by atoms with van der Waals surface area (Å²) in [6.07, 6.45) is 4.60. The predicted octanol–water partition coefficient (Wildman–Crippen LogP) is 3.37. The van der Waals surface area contributed by atoms with Crippen LogP contribution in [-0.2, 0) is 20.8 Å². The van der Waals surface area contributed by atoms with Gasteiger partial charge in [-0.05, 0) is 45.9 Å². The third-order valence-corrected chi connectivity index (χ3v) is 4.58. The van der Waals surface area contributed by atoms with E-state index in [1.807, 2.05) is 25.3 Å². The maximum absolute atomic E-state index is 12.5. The fourth-order valence-corrected chi connectivity index (χ4v) is 3.20. The van der Waals surface area contributed by atoms with E-state index in [1.54, 1.807) is 38.4 Å². The minimum absolute atomic E-state index is 0.283. The number of esters is 1. The summed E-state index contributed by atoms with van der Waals surface area (Å²) < 4.78 is 17.7. The van der Waals surface area contributed by atoms with E-state index in [9.17, 15) is 9.59 Å². The minimum Gasteiger partial charge on any atom is -0.474 e. The van der Waals surface area contributed by atoms with Crippen molar-refractivity contribution in [2.24, 2.45) is 0 Å². The second-order valence-corrected chi connectivity index (χ2v) is 6.44. The zero-order valence-corrected chi connectivity index (χ0v) is 18.2. The highest BCUT2D eigenvalue weighted by Gasteiger charge is 2.22. The quantitative estimate of drug-likeness (QED) is 0.363. The molecule has 2 rings (SSSR count). The van der Waals surface area contributed by atoms with Gasteiger partial charge in [0.1, 0.15) is 12.3 Å². The molecule has 162 valence electrons. The van der Waals surface area contributed by atoms with Crippen LogP contribution in [-0.4, -0.2) is 48.4 Å². The van der Waals surface area contributed by atoms with Crippen molar-refractivity contribution >= 4 is 23.6 Å². The van der Waals surface area contributed by atoms with Gasteiger partial charge >= 0.3 is 5.97 Å². The number of hydrogen-bond acceptors (Lipinski definition) is 6. The van der Waals surface area contributed by atoms with Crippen molar-refractivity contribution in [2.75, 3.05) is 32.2 Å². The fraction of sp³-hybridized carbons (Fsp3) is 0.409. The minimum atomic E-state index is -0.397. The van der Waals surface area contributed by atoms with Gasteiger partial charge in [0, 0.05) is 42.9 Å². The van der Waals surface area contributed by atoms with Crippen molar-refractivity contribution in [3.8, 4) is 5.88 Å². The van der Waals surface area contributed by atoms with E-state index in [0.29, 0.717) is 42.5 Å². The first-order valence-electron chi connectivity index (χ1n) is 9.87. The molecule has 0 aliphatic carbocycles. The molecule has 0 aromatic carbocycles. The van der Waals surface area contributed by atoms with Crippen molar-refractivity contribution in [1.29, 1.82) is 0 Å². The Bertz CT molecular complexity index is 918. The lowest BCUT2D eigenvalue weighted by atomic mass is 10.1. The van der Waals surface area contributed by atoms with Crippen LogP contribution in [0.4, 0.5) is 5.69 Å². The number of aromatic nitrogens is 2. The van der Waals surface area contributed by atoms with Crippen LogP contribution in [0, 0.1) is 13.8 Å². The van der Waals surface area contributed by atoms with Gasteiger partial charge in [-0.3, -0.25) is 4.79 Å². The van der Waals surface area contributed by atoms with Crippen molar-refractivity contribution in [3.05, 3.63) is 46.9 Å². The molecule has 2 aromatic heterocycles. The maximum Gasteiger partial charge on any atom is 0.340 e. The monoisotopic (exact) mass is 415 g/mol. The van der Waals surface area contributed by atoms with E-state index < -0.39 is 5.97 Å². The topological polar surface area (TPSA) is 91.7 Å². The van der Waals surface area contributed by atoms with Gasteiger partial charge in [0.15, 0.2) is 0 Å². The molecule has 0 saturated heterocycles. The number of carbonyl (C=O) groups is 2. The van der Waals surface area contributed by atoms with E-state index in [-0.39, 0.29) is 12.5 Å². The average Bonchev–Trinajstić information content (AvgIpc) is 2.97. The normalized spacial score (nSPS) is 11.0. The van der Waals surface area contributed by atoms with Gasteiger partial charge in [0.2, 0.25) is 11.8 Å². The Labute approximate surface area is 176 Å². The maximum atomic E-state index is 12.5. The van der Waals surface area contributed by atoms with Gasteiger partial charge < -0.3 is 24.1 Å². The number of hydrogen-bond donors (Lipinski definition) is 1. The average molecular weight is 415 g/mol. The van der Waals surface area contributed by atoms with E-state index in [2.05, 4.69) is 10.3 Å². The molecule has 0 radical (unpaired) electrons. The van der Waals surface area contributed by atoms with Crippen LogP contribution >= 0.6 is 0 Å². The molecule has 0 bridgehead atoms. The summed E-state index contributed by atoms with van der Waals surface area (Å²) in [5.41, 5.74) is 3.31. The second kappa shape index (κ2) is 11.2. The highest BCUT2D eigenvalue weighted by atomic mass is 16.5. The molecule has 2 aromatic rings. The van der Waals surface area contributed by atoms with Crippen molar-refractivity contribution < 1.29 is 23.8 Å². The Morgan fingerprint density at radius 2 is 1.97 bits per heavy atom. The Kier molecular flexibility index (Phi) is 8.61. The van der Waals surface area contributed by atoms with Crippen LogP contribution in [0.1, 0.15) is 41.2 Å². The number of carbonyl (C=O) groups excluding carboxylic acids is 2. The number of ether oxygens (including phenoxy) is 3. The summed E-state index contributed by atoms with van der Waals surface area (Å²) in [7, 11) is 1.58. The molecule has 0 aliphatic heterocycles. The Hall–Kier alpha value is -3.13. The predicted molar refractivity (Wildman–Crippen MR) is 115 cm³/mol. The van der Waals surface area contributed by atoms with E-state index in [0.717, 1.165) is 11.4 Å². The molecule has 0 spiro atoms. The van der Waals surface area contributed by atoms with Gasteiger partial charge in [0.05, 0.1) is 18.8 Å². The molecular weight excluding hydrogens is 386 g/mol. The largest absolute Gasteiger partial charge is 0.474 e. The first-order valence-corrected chi connectivity index (χ1v) is 9.87. The summed E-state index contributed by atoms with van der Waals surface area (Å²) in [6.45, 7) is 9.28. The molecule has 0 fully saturated rings. The van der Waals surface area contributed by atoms with Crippen molar-refractivity contribution in [3.63, 3.8) is 0 Å². The number of nitrogens with zero attached hydrogens (tertiary/aromatic N) is 2. The lowest BCUT2D eigenvalue weighted by Gasteiger charge is -2.09. The highest BCUT2D eigenvalue weighted by molar-refractivity contribution is 6.04. The van der Waals surface area contributed by atoms with Crippen molar-refractivity contribution in [2.45, 2.75) is 34.2 Å². The van der Waals surface area contributed by atoms with Crippen LogP contribution in [0.25, 0.3) is 6.08 Å². The molecule has 30 heavy (non-hydrogen) atoms. The standard InChI is InChI=1S/C22H29N3O5/c1-6-25-15(3)17(20(16(25)4)22(27)29-7-2)10-11-19(26)24-18-9-8-12-23-21(18)30-14-13-28-5/h8-12H,6-7,13-14H2,1-5H3,(H,24,26)/b11-10+. The van der Waals surface area contributed by atoms with Crippen molar-refractivity contribution in [1.82, 2.24) is 9.55 Å². The number of nitrogens with one attached hydrogen (secondary N) is 1. The molecule has 0 aliphatic rings. The van der Waals surface area contributed by atoms with Crippen LogP contribution in [0.2, 0.25) is 0 Å². The van der Waals surface area contributed by atoms with E-state index >= 15 is 0 Å². The second-order valence-electron chi connectivity index (χ2n) is 6.44. The molecule has 1 N–H and O–H groups in total. The molecule has 8 nitrogen and oxygen atoms in total. The first-order chi connectivity index (χ1) is 14.4. The van der Waals surface area contributed by atoms with Crippen LogP contribution in [0.5, 0.6) is 5.88 Å². The van der Waals surface area contributed by atoms with E-state index in [1.165, 1.54) is 6.08 Å². The zero-order valence-electron chi connectivity index (χ0n) is 18.2. The van der Waals surface area contributed by atoms with E-state index in [4.69, 9.17) is 14.2 Å². The van der Waals surface area contributed by atoms with Crippen LogP contribution < -0.4 is 10.1 Å². The van der Waals surface area contributed by atoms with Gasteiger partial charge in [-0.1, -0.05) is 0 Å². The number of pyridine rings is 1.